The number of nitrogens with one attached hydrogen (secondary N) is 1. The van der Waals surface area contributed by atoms with E-state index < -0.39 is 15.9 Å². The van der Waals surface area contributed by atoms with Gasteiger partial charge in [-0.2, -0.15) is 0 Å². The van der Waals surface area contributed by atoms with Gasteiger partial charge in [-0.25, -0.2) is 8.42 Å². The van der Waals surface area contributed by atoms with E-state index in [4.69, 9.17) is 0 Å². The third-order valence-electron chi connectivity index (χ3n) is 4.45. The molecule has 0 aliphatic heterocycles. The molecule has 3 aromatic rings. The fourth-order valence-electron chi connectivity index (χ4n) is 2.95. The van der Waals surface area contributed by atoms with Gasteiger partial charge in [-0.3, -0.25) is 9.10 Å². The molecule has 0 aromatic heterocycles. The number of sulfonamides is 1. The first-order valence-electron chi connectivity index (χ1n) is 9.43. The van der Waals surface area contributed by atoms with Crippen molar-refractivity contribution < 1.29 is 13.2 Å². The number of rotatable bonds is 8. The van der Waals surface area contributed by atoms with Crippen molar-refractivity contribution in [2.75, 3.05) is 22.4 Å². The van der Waals surface area contributed by atoms with Crippen molar-refractivity contribution in [2.24, 2.45) is 0 Å². The first-order valence-corrected chi connectivity index (χ1v) is 12.3. The average molecular weight is 441 g/mol. The molecule has 3 rings (SSSR count). The van der Waals surface area contributed by atoms with Crippen LogP contribution in [0.25, 0.3) is 0 Å². The summed E-state index contributed by atoms with van der Waals surface area (Å²) in [6, 6.07) is 24.7. The largest absolute Gasteiger partial charge is 0.324 e. The number of para-hydroxylation sites is 1. The molecule has 0 atom stereocenters. The normalized spacial score (nSPS) is 11.1. The maximum Gasteiger partial charge on any atom is 0.245 e. The minimum Gasteiger partial charge on any atom is -0.324 e. The highest BCUT2D eigenvalue weighted by Gasteiger charge is 2.21. The molecule has 1 N–H and O–H groups in total. The van der Waals surface area contributed by atoms with Gasteiger partial charge in [0.2, 0.25) is 15.9 Å². The summed E-state index contributed by atoms with van der Waals surface area (Å²) in [6.07, 6.45) is 1.09. The second kappa shape index (κ2) is 9.82. The molecule has 0 aliphatic carbocycles. The van der Waals surface area contributed by atoms with Gasteiger partial charge in [0.15, 0.2) is 0 Å². The van der Waals surface area contributed by atoms with Crippen LogP contribution in [-0.4, -0.2) is 27.1 Å². The second-order valence-corrected chi connectivity index (χ2v) is 9.86. The Morgan fingerprint density at radius 1 is 0.967 bits per heavy atom. The molecule has 0 fully saturated rings. The molecule has 0 heterocycles. The van der Waals surface area contributed by atoms with E-state index in [-0.39, 0.29) is 6.54 Å². The van der Waals surface area contributed by atoms with Crippen LogP contribution in [-0.2, 0) is 20.6 Å². The molecule has 5 nitrogen and oxygen atoms in total. The second-order valence-electron chi connectivity index (χ2n) is 6.90. The van der Waals surface area contributed by atoms with E-state index in [1.54, 1.807) is 42.1 Å². The minimum atomic E-state index is -3.59. The zero-order valence-corrected chi connectivity index (χ0v) is 18.5. The molecule has 30 heavy (non-hydrogen) atoms. The lowest BCUT2D eigenvalue weighted by Crippen LogP contribution is -2.37. The van der Waals surface area contributed by atoms with Crippen LogP contribution >= 0.6 is 11.8 Å². The first kappa shape index (κ1) is 21.9. The number of benzene rings is 3. The summed E-state index contributed by atoms with van der Waals surface area (Å²) >= 11 is 1.75. The number of aryl methyl sites for hydroxylation is 1. The average Bonchev–Trinajstić information content (AvgIpc) is 2.73. The van der Waals surface area contributed by atoms with Gasteiger partial charge in [-0.15, -0.1) is 11.8 Å². The molecule has 0 bridgehead atoms. The van der Waals surface area contributed by atoms with E-state index in [1.807, 2.05) is 43.3 Å². The van der Waals surface area contributed by atoms with Crippen LogP contribution < -0.4 is 9.62 Å². The van der Waals surface area contributed by atoms with Crippen molar-refractivity contribution in [3.8, 4) is 0 Å². The third-order valence-corrected chi connectivity index (χ3v) is 6.67. The molecule has 0 unspecified atom stereocenters. The number of amides is 1. The molecule has 156 valence electrons. The molecular formula is C23H24N2O3S2. The molecule has 0 spiro atoms. The monoisotopic (exact) mass is 440 g/mol. The molecule has 3 aromatic carbocycles. The third kappa shape index (κ3) is 6.11. The van der Waals surface area contributed by atoms with Crippen molar-refractivity contribution in [1.29, 1.82) is 0 Å². The Bertz CT molecular complexity index is 1100. The molecule has 0 aliphatic rings. The summed E-state index contributed by atoms with van der Waals surface area (Å²) in [5.41, 5.74) is 3.22. The predicted molar refractivity (Wildman–Crippen MR) is 124 cm³/mol. The van der Waals surface area contributed by atoms with Gasteiger partial charge in [0.25, 0.3) is 0 Å². The molecule has 7 heteroatoms. The van der Waals surface area contributed by atoms with Gasteiger partial charge in [-0.1, -0.05) is 48.5 Å². The topological polar surface area (TPSA) is 66.5 Å². The SMILES string of the molecule is Cc1cc(CSc2ccccc2)ccc1NC(=O)CN(c1ccccc1)S(C)(=O)=O. The van der Waals surface area contributed by atoms with Crippen LogP contribution in [0.5, 0.6) is 0 Å². The van der Waals surface area contributed by atoms with Gasteiger partial charge < -0.3 is 5.32 Å². The fraction of sp³-hybridized carbons (Fsp3) is 0.174. The van der Waals surface area contributed by atoms with Crippen LogP contribution in [0, 0.1) is 6.92 Å². The van der Waals surface area contributed by atoms with E-state index >= 15 is 0 Å². The quantitative estimate of drug-likeness (QED) is 0.516. The maximum absolute atomic E-state index is 12.6. The molecule has 1 amide bonds. The van der Waals surface area contributed by atoms with Crippen LogP contribution in [0.2, 0.25) is 0 Å². The van der Waals surface area contributed by atoms with Crippen LogP contribution in [0.4, 0.5) is 11.4 Å². The Kier molecular flexibility index (Phi) is 7.18. The molecule has 0 saturated carbocycles. The first-order chi connectivity index (χ1) is 14.3. The smallest absolute Gasteiger partial charge is 0.245 e. The highest BCUT2D eigenvalue weighted by molar-refractivity contribution is 7.98. The summed E-state index contributed by atoms with van der Waals surface area (Å²) < 4.78 is 25.4. The Hall–Kier alpha value is -2.77. The lowest BCUT2D eigenvalue weighted by Gasteiger charge is -2.22. The van der Waals surface area contributed by atoms with Crippen molar-refractivity contribution in [3.05, 3.63) is 90.0 Å². The maximum atomic E-state index is 12.6. The summed E-state index contributed by atoms with van der Waals surface area (Å²) in [4.78, 5) is 13.8. The highest BCUT2D eigenvalue weighted by atomic mass is 32.2. The number of thioether (sulfide) groups is 1. The summed E-state index contributed by atoms with van der Waals surface area (Å²) in [5.74, 6) is 0.438. The molecule has 0 radical (unpaired) electrons. The van der Waals surface area contributed by atoms with E-state index in [1.165, 1.54) is 4.90 Å². The lowest BCUT2D eigenvalue weighted by atomic mass is 10.1. The van der Waals surface area contributed by atoms with Gasteiger partial charge >= 0.3 is 0 Å². The van der Waals surface area contributed by atoms with Crippen molar-refractivity contribution in [2.45, 2.75) is 17.6 Å². The summed E-state index contributed by atoms with van der Waals surface area (Å²) in [6.45, 7) is 1.64. The number of hydrogen-bond acceptors (Lipinski definition) is 4. The van der Waals surface area contributed by atoms with Gasteiger partial charge in [0.1, 0.15) is 6.54 Å². The van der Waals surface area contributed by atoms with Crippen LogP contribution in [0.3, 0.4) is 0 Å². The summed E-state index contributed by atoms with van der Waals surface area (Å²) in [7, 11) is -3.59. The Morgan fingerprint density at radius 3 is 2.20 bits per heavy atom. The lowest BCUT2D eigenvalue weighted by molar-refractivity contribution is -0.114. The number of hydrogen-bond donors (Lipinski definition) is 1. The Morgan fingerprint density at radius 2 is 1.60 bits per heavy atom. The standard InChI is InChI=1S/C23H24N2O3S2/c1-18-15-19(17-29-21-11-7-4-8-12-21)13-14-22(18)24-23(26)16-25(30(2,27)28)20-9-5-3-6-10-20/h3-15H,16-17H2,1-2H3,(H,24,26). The number of anilines is 2. The fourth-order valence-corrected chi connectivity index (χ4v) is 4.67. The van der Waals surface area contributed by atoms with Gasteiger partial charge in [-0.05, 0) is 48.4 Å². The Labute approximate surface area is 182 Å². The van der Waals surface area contributed by atoms with Crippen molar-refractivity contribution >= 4 is 39.1 Å². The van der Waals surface area contributed by atoms with Crippen molar-refractivity contribution in [3.63, 3.8) is 0 Å². The number of carbonyl (C=O) groups excluding carboxylic acids is 1. The zero-order valence-electron chi connectivity index (χ0n) is 16.9. The molecule has 0 saturated heterocycles. The van der Waals surface area contributed by atoms with E-state index in [0.29, 0.717) is 11.4 Å². The van der Waals surface area contributed by atoms with Gasteiger partial charge in [0.05, 0.1) is 11.9 Å². The van der Waals surface area contributed by atoms with E-state index in [0.717, 1.165) is 27.4 Å². The zero-order chi connectivity index (χ0) is 21.6. The number of nitrogens with zero attached hydrogens (tertiary/aromatic N) is 1. The van der Waals surface area contributed by atoms with E-state index in [9.17, 15) is 13.2 Å². The van der Waals surface area contributed by atoms with Crippen LogP contribution in [0.15, 0.2) is 83.8 Å². The Balaban J connectivity index is 1.65. The minimum absolute atomic E-state index is 0.284. The highest BCUT2D eigenvalue weighted by Crippen LogP contribution is 2.25. The predicted octanol–water partition coefficient (Wildman–Crippen LogP) is 4.69. The summed E-state index contributed by atoms with van der Waals surface area (Å²) in [5, 5.41) is 2.83. The van der Waals surface area contributed by atoms with E-state index in [2.05, 4.69) is 17.4 Å². The van der Waals surface area contributed by atoms with Crippen LogP contribution in [0.1, 0.15) is 11.1 Å². The van der Waals surface area contributed by atoms with Crippen molar-refractivity contribution in [1.82, 2.24) is 0 Å². The van der Waals surface area contributed by atoms with Gasteiger partial charge in [0, 0.05) is 16.3 Å². The number of carbonyl (C=O) groups is 1. The molecular weight excluding hydrogens is 416 g/mol.